The Labute approximate surface area is 685 Å². The molecule has 0 amide bonds. The van der Waals surface area contributed by atoms with E-state index in [1.54, 1.807) is 6.20 Å². The van der Waals surface area contributed by atoms with Gasteiger partial charge in [0.15, 0.2) is 0 Å². The Hall–Kier alpha value is -9.54. The zero-order chi connectivity index (χ0) is 75.3. The number of pyridine rings is 6. The van der Waals surface area contributed by atoms with Crippen molar-refractivity contribution in [2.75, 3.05) is 35.8 Å². The zero-order valence-corrected chi connectivity index (χ0v) is 71.9. The Morgan fingerprint density at radius 3 is 1.21 bits per heavy atom. The average molecular weight is 2000 g/mol. The molecule has 15 rings (SSSR count). The molecule has 0 bridgehead atoms. The first-order chi connectivity index (χ1) is 50.3. The Balaban J connectivity index is 0.000000172. The van der Waals surface area contributed by atoms with E-state index in [1.165, 1.54) is 11.1 Å². The molecule has 0 unspecified atom stereocenters. The number of hydrogen-bond donors (Lipinski definition) is 0. The summed E-state index contributed by atoms with van der Waals surface area (Å²) >= 11 is 0. The van der Waals surface area contributed by atoms with E-state index in [4.69, 9.17) is 38.9 Å². The van der Waals surface area contributed by atoms with Crippen LogP contribution in [0.3, 0.4) is 0 Å². The molecule has 12 heterocycles. The molecule has 22 heteroatoms. The molecule has 3 aromatic carbocycles. The second-order valence-corrected chi connectivity index (χ2v) is 30.5. The molecule has 576 valence electrons. The third-order valence-electron chi connectivity index (χ3n) is 18.9. The van der Waals surface area contributed by atoms with Gasteiger partial charge in [-0.05, 0) is 169 Å². The molecule has 0 N–H and O–H groups in total. The first-order valence-electron chi connectivity index (χ1n) is 35.3. The van der Waals surface area contributed by atoms with Crippen molar-refractivity contribution >= 4 is 34.0 Å². The SMILES string of the molecule is Cc1nc2c(-c3cc(C(C)(C)C)ccn3)[c-]c(Oc3[c-]c(N4C=CN(C)[CH-]4)ccc3)cn2c1C.Cc1nc2c(C(C)(C)c3cc(C(C)(C)C)ccn3)[c-]c(Oc3[c-]c(N4C=CN(C)[CH-]4)ccc3)cn2c1C.Cc1nc2c(Oc3cc(C(C)(C)C)ccn3)[c-]c(Oc3[c-]c(N4C=CN(C)[CH-]4)ccc3)cn2c1C.[Pt].[Pt].[Pt]. The van der Waals surface area contributed by atoms with Crippen LogP contribution in [-0.2, 0) is 84.9 Å². The van der Waals surface area contributed by atoms with Gasteiger partial charge in [0.1, 0.15) is 0 Å². The predicted molar refractivity (Wildman–Crippen MR) is 418 cm³/mol. The molecule has 9 aromatic heterocycles. The number of ether oxygens (including phenoxy) is 4. The molecule has 19 nitrogen and oxygen atoms in total. The summed E-state index contributed by atoms with van der Waals surface area (Å²) in [6.07, 6.45) is 23.2. The van der Waals surface area contributed by atoms with E-state index in [1.807, 2.05) is 238 Å². The van der Waals surface area contributed by atoms with Gasteiger partial charge in [-0.3, -0.25) is 19.9 Å². The van der Waals surface area contributed by atoms with E-state index in [0.29, 0.717) is 51.8 Å². The monoisotopic (exact) mass is 1990 g/mol. The van der Waals surface area contributed by atoms with Crippen molar-refractivity contribution in [3.8, 4) is 57.4 Å². The van der Waals surface area contributed by atoms with Crippen LogP contribution in [0, 0.1) is 97.9 Å². The summed E-state index contributed by atoms with van der Waals surface area (Å²) in [5, 5.41) is 0. The predicted octanol–water partition coefficient (Wildman–Crippen LogP) is 18.9. The van der Waals surface area contributed by atoms with Crippen molar-refractivity contribution in [2.24, 2.45) is 0 Å². The van der Waals surface area contributed by atoms with Gasteiger partial charge in [0, 0.05) is 168 Å². The number of hydrogen-bond acceptors (Lipinski definition) is 16. The molecule has 109 heavy (non-hydrogen) atoms. The topological polar surface area (TPSA) is 147 Å². The van der Waals surface area contributed by atoms with Gasteiger partial charge >= 0.3 is 0 Å². The van der Waals surface area contributed by atoms with E-state index >= 15 is 0 Å². The fourth-order valence-corrected chi connectivity index (χ4v) is 12.2. The molecular weight excluding hydrogens is 1900 g/mol. The van der Waals surface area contributed by atoms with Crippen LogP contribution in [0.2, 0.25) is 0 Å². The van der Waals surface area contributed by atoms with Gasteiger partial charge in [-0.2, -0.15) is 38.2 Å². The van der Waals surface area contributed by atoms with Crippen LogP contribution in [0.25, 0.3) is 28.2 Å². The van der Waals surface area contributed by atoms with E-state index < -0.39 is 5.41 Å². The van der Waals surface area contributed by atoms with Crippen molar-refractivity contribution in [3.63, 3.8) is 0 Å². The molecule has 3 aliphatic heterocycles. The molecule has 0 atom stereocenters. The molecule has 0 fully saturated rings. The van der Waals surface area contributed by atoms with Gasteiger partial charge in [-0.1, -0.05) is 112 Å². The maximum atomic E-state index is 6.37. The van der Waals surface area contributed by atoms with E-state index in [9.17, 15) is 0 Å². The van der Waals surface area contributed by atoms with Gasteiger partial charge in [-0.25, -0.2) is 4.98 Å². The van der Waals surface area contributed by atoms with Crippen molar-refractivity contribution in [1.82, 2.24) is 57.8 Å². The summed E-state index contributed by atoms with van der Waals surface area (Å²) in [7, 11) is 5.95. The maximum Gasteiger partial charge on any atom is 0.216 e. The van der Waals surface area contributed by atoms with Crippen molar-refractivity contribution in [2.45, 2.75) is 139 Å². The van der Waals surface area contributed by atoms with Gasteiger partial charge in [0.05, 0.1) is 22.8 Å². The Morgan fingerprint density at radius 2 is 0.761 bits per heavy atom. The van der Waals surface area contributed by atoms with Crippen molar-refractivity contribution in [3.05, 3.63) is 284 Å². The number of imidazole rings is 3. The minimum Gasteiger partial charge on any atom is -0.510 e. The summed E-state index contributed by atoms with van der Waals surface area (Å²) in [5.41, 5.74) is 17.7. The number of anilines is 3. The molecule has 0 saturated carbocycles. The standard InChI is InChI=1S/C31H34N5O.C28H28N5O2.C28H28N5O.3Pt/c1-21-22(2)36-19-26(37-25-11-9-10-24(17-25)35-15-14-34(8)20-35)18-27(29(36)33-21)31(6,7)28-16-23(12-13-32-28)30(3,4)5;1-19-20(2)33-17-24(34-23-9-7-8-22(15-23)32-13-12-31(6)18-32)16-25(27(33)30-19)35-26-14-21(10-11-29-26)28(3,4)5;1-19-20(2)33-17-24(34-23-9-7-8-22(15-23)32-13-12-31(6)18-32)16-25(27(33)30-19)26-14-21(10-11-29-26)28(3,4)5;;;/h9-16,19-20H,1-8H3;7-14,17-18H,1-6H3;7-14,17-18H,1-6H3;;;/q3*-3;;;. The van der Waals surface area contributed by atoms with Crippen LogP contribution in [-0.4, -0.2) is 78.9 Å². The van der Waals surface area contributed by atoms with Gasteiger partial charge in [0.2, 0.25) is 5.88 Å². The molecule has 0 radical (unpaired) electrons. The largest absolute Gasteiger partial charge is 0.510 e. The van der Waals surface area contributed by atoms with Crippen molar-refractivity contribution < 1.29 is 82.1 Å². The van der Waals surface area contributed by atoms with E-state index in [-0.39, 0.29) is 79.4 Å². The van der Waals surface area contributed by atoms with E-state index in [2.05, 4.69) is 169 Å². The summed E-state index contributed by atoms with van der Waals surface area (Å²) in [5.74, 6) is 4.42. The normalized spacial score (nSPS) is 13.5. The number of nitrogens with zero attached hydrogens (tertiary/aromatic N) is 15. The Bertz CT molecular complexity index is 5370. The Morgan fingerprint density at radius 1 is 0.376 bits per heavy atom. The molecule has 3 aliphatic rings. The summed E-state index contributed by atoms with van der Waals surface area (Å²) < 4.78 is 31.2. The molecule has 0 aliphatic carbocycles. The molecule has 0 saturated heterocycles. The minimum atomic E-state index is -0.461. The first-order valence-corrected chi connectivity index (χ1v) is 35.3. The smallest absolute Gasteiger partial charge is 0.216 e. The average Bonchev–Trinajstić information content (AvgIpc) is 1.74. The molecular formula is C87H90N15O4Pt3-9. The zero-order valence-electron chi connectivity index (χ0n) is 65.1. The van der Waals surface area contributed by atoms with Crippen LogP contribution in [0.1, 0.15) is 138 Å². The summed E-state index contributed by atoms with van der Waals surface area (Å²) in [6, 6.07) is 50.2. The maximum absolute atomic E-state index is 6.37. The second kappa shape index (κ2) is 33.0. The quantitative estimate of drug-likeness (QED) is 0.0950. The summed E-state index contributed by atoms with van der Waals surface area (Å²) in [6.45, 7) is 42.2. The fourth-order valence-electron chi connectivity index (χ4n) is 12.2. The van der Waals surface area contributed by atoms with Crippen LogP contribution in [0.4, 0.5) is 17.1 Å². The van der Waals surface area contributed by atoms with E-state index in [0.717, 1.165) is 90.6 Å². The number of aromatic nitrogens is 9. The van der Waals surface area contributed by atoms with Gasteiger partial charge in [-0.15, -0.1) is 83.3 Å². The Kier molecular flexibility index (Phi) is 24.8. The van der Waals surface area contributed by atoms with Crippen LogP contribution in [0.15, 0.2) is 165 Å². The number of fused-ring (bicyclic) bond motifs is 3. The van der Waals surface area contributed by atoms with Gasteiger partial charge < -0.3 is 66.5 Å². The second-order valence-electron chi connectivity index (χ2n) is 30.5. The molecule has 12 aromatic rings. The number of benzene rings is 3. The van der Waals surface area contributed by atoms with Crippen molar-refractivity contribution in [1.29, 1.82) is 0 Å². The first kappa shape index (κ1) is 82.0. The molecule has 0 spiro atoms. The number of aryl methyl sites for hydroxylation is 6. The minimum absolute atomic E-state index is 0. The number of rotatable bonds is 14. The third-order valence-corrected chi connectivity index (χ3v) is 18.9. The van der Waals surface area contributed by atoms with Gasteiger partial charge in [0.25, 0.3) is 0 Å². The fraction of sp³-hybridized carbons (Fsp3) is 0.276. The van der Waals surface area contributed by atoms with Crippen LogP contribution in [0.5, 0.6) is 46.1 Å². The third kappa shape index (κ3) is 18.3. The van der Waals surface area contributed by atoms with Crippen LogP contribution < -0.4 is 33.6 Å². The summed E-state index contributed by atoms with van der Waals surface area (Å²) in [4.78, 5) is 40.2. The van der Waals surface area contributed by atoms with Crippen LogP contribution >= 0.6 is 0 Å².